The molecule has 0 spiro atoms. The quantitative estimate of drug-likeness (QED) is 0.797. The first-order chi connectivity index (χ1) is 8.66. The van der Waals surface area contributed by atoms with E-state index in [1.165, 1.54) is 6.26 Å². The molecule has 1 aliphatic heterocycles. The highest BCUT2D eigenvalue weighted by Gasteiger charge is 2.24. The topological polar surface area (TPSA) is 39.4 Å². The number of ether oxygens (including phenoxy) is 1. The first-order valence-corrected chi connectivity index (χ1v) is 6.50. The van der Waals surface area contributed by atoms with Crippen molar-refractivity contribution in [3.8, 4) is 5.75 Å². The summed E-state index contributed by atoms with van der Waals surface area (Å²) in [5.41, 5.74) is 2.26. The molecule has 0 radical (unpaired) electrons. The van der Waals surface area contributed by atoms with Crippen molar-refractivity contribution < 1.29 is 13.9 Å². The van der Waals surface area contributed by atoms with Crippen molar-refractivity contribution in [3.05, 3.63) is 51.4 Å². The van der Waals surface area contributed by atoms with E-state index in [0.717, 1.165) is 16.5 Å². The molecule has 2 aromatic rings. The molecule has 1 aromatic carbocycles. The Bertz CT molecular complexity index is 628. The Balaban J connectivity index is 2.13. The fourth-order valence-corrected chi connectivity index (χ4v) is 2.71. The second kappa shape index (κ2) is 4.28. The van der Waals surface area contributed by atoms with Crippen molar-refractivity contribution in [2.24, 2.45) is 0 Å². The van der Waals surface area contributed by atoms with Gasteiger partial charge >= 0.3 is 0 Å². The number of hydrogen-bond acceptors (Lipinski definition) is 3. The Morgan fingerprint density at radius 2 is 2.17 bits per heavy atom. The number of halogens is 1. The van der Waals surface area contributed by atoms with Crippen molar-refractivity contribution in [1.29, 1.82) is 0 Å². The Labute approximate surface area is 113 Å². The lowest BCUT2D eigenvalue weighted by atomic mass is 10.0. The van der Waals surface area contributed by atoms with Gasteiger partial charge < -0.3 is 9.15 Å². The van der Waals surface area contributed by atoms with Crippen LogP contribution in [0.4, 0.5) is 0 Å². The predicted molar refractivity (Wildman–Crippen MR) is 70.2 cm³/mol. The van der Waals surface area contributed by atoms with Crippen LogP contribution in [-0.4, -0.2) is 12.4 Å². The summed E-state index contributed by atoms with van der Waals surface area (Å²) in [5.74, 6) is 1.29. The smallest absolute Gasteiger partial charge is 0.200 e. The van der Waals surface area contributed by atoms with Crippen LogP contribution in [0.25, 0.3) is 0 Å². The van der Waals surface area contributed by atoms with Crippen molar-refractivity contribution in [3.63, 3.8) is 0 Å². The Kier molecular flexibility index (Phi) is 2.74. The number of rotatable bonds is 2. The molecule has 0 saturated carbocycles. The zero-order chi connectivity index (χ0) is 12.7. The molecule has 92 valence electrons. The first kappa shape index (κ1) is 11.5. The number of furan rings is 1. The molecule has 3 rings (SSSR count). The second-order valence-corrected chi connectivity index (χ2v) is 5.18. The van der Waals surface area contributed by atoms with Gasteiger partial charge in [-0.15, -0.1) is 0 Å². The van der Waals surface area contributed by atoms with E-state index in [1.54, 1.807) is 19.1 Å². The van der Waals surface area contributed by atoms with Gasteiger partial charge in [0.05, 0.1) is 24.0 Å². The van der Waals surface area contributed by atoms with Crippen LogP contribution >= 0.6 is 15.9 Å². The van der Waals surface area contributed by atoms with Crippen molar-refractivity contribution in [2.75, 3.05) is 6.61 Å². The van der Waals surface area contributed by atoms with Gasteiger partial charge in [-0.25, -0.2) is 0 Å². The van der Waals surface area contributed by atoms with E-state index < -0.39 is 0 Å². The summed E-state index contributed by atoms with van der Waals surface area (Å²) in [6, 6.07) is 5.50. The van der Waals surface area contributed by atoms with Gasteiger partial charge in [-0.2, -0.15) is 0 Å². The number of aryl methyl sites for hydroxylation is 1. The zero-order valence-electron chi connectivity index (χ0n) is 9.83. The molecule has 1 aromatic heterocycles. The molecule has 0 bridgehead atoms. The summed E-state index contributed by atoms with van der Waals surface area (Å²) in [6.45, 7) is 2.42. The third-order valence-electron chi connectivity index (χ3n) is 3.10. The number of benzene rings is 1. The molecule has 4 heteroatoms. The lowest BCUT2D eigenvalue weighted by Gasteiger charge is -2.07. The third kappa shape index (κ3) is 1.77. The molecule has 0 amide bonds. The van der Waals surface area contributed by atoms with Crippen molar-refractivity contribution in [2.45, 2.75) is 13.3 Å². The summed E-state index contributed by atoms with van der Waals surface area (Å²) in [7, 11) is 0. The lowest BCUT2D eigenvalue weighted by molar-refractivity contribution is 0.103. The lowest BCUT2D eigenvalue weighted by Crippen LogP contribution is -2.04. The SMILES string of the molecule is Cc1occc1C(=O)c1cc(Br)cc2c1OCC2. The molecule has 0 fully saturated rings. The largest absolute Gasteiger partial charge is 0.492 e. The van der Waals surface area contributed by atoms with Gasteiger partial charge in [0, 0.05) is 10.9 Å². The van der Waals surface area contributed by atoms with Crippen molar-refractivity contribution in [1.82, 2.24) is 0 Å². The first-order valence-electron chi connectivity index (χ1n) is 5.71. The Morgan fingerprint density at radius 1 is 1.33 bits per heavy atom. The van der Waals surface area contributed by atoms with Crippen LogP contribution in [0.3, 0.4) is 0 Å². The molecule has 0 saturated heterocycles. The van der Waals surface area contributed by atoms with Gasteiger partial charge in [-0.1, -0.05) is 15.9 Å². The highest BCUT2D eigenvalue weighted by Crippen LogP contribution is 2.34. The monoisotopic (exact) mass is 306 g/mol. The van der Waals surface area contributed by atoms with E-state index in [4.69, 9.17) is 9.15 Å². The van der Waals surface area contributed by atoms with E-state index in [2.05, 4.69) is 15.9 Å². The maximum atomic E-state index is 12.5. The fraction of sp³-hybridized carbons (Fsp3) is 0.214. The van der Waals surface area contributed by atoms with E-state index in [1.807, 2.05) is 6.07 Å². The predicted octanol–water partition coefficient (Wildman–Crippen LogP) is 3.52. The number of carbonyl (C=O) groups excluding carboxylic acids is 1. The molecule has 2 heterocycles. The van der Waals surface area contributed by atoms with Crippen LogP contribution in [0.1, 0.15) is 27.2 Å². The normalized spacial score (nSPS) is 13.2. The minimum absolute atomic E-state index is 0.0549. The van der Waals surface area contributed by atoms with Crippen LogP contribution in [0.15, 0.2) is 33.4 Å². The molecule has 0 aliphatic carbocycles. The molecule has 3 nitrogen and oxygen atoms in total. The summed E-state index contributed by atoms with van der Waals surface area (Å²) >= 11 is 3.43. The Hall–Kier alpha value is -1.55. The molecule has 0 N–H and O–H groups in total. The van der Waals surface area contributed by atoms with Gasteiger partial charge in [-0.3, -0.25) is 4.79 Å². The van der Waals surface area contributed by atoms with Gasteiger partial charge in [-0.05, 0) is 30.7 Å². The van der Waals surface area contributed by atoms with Gasteiger partial charge in [0.15, 0.2) is 5.78 Å². The van der Waals surface area contributed by atoms with Gasteiger partial charge in [0.2, 0.25) is 0 Å². The molecule has 0 atom stereocenters. The number of carbonyl (C=O) groups is 1. The zero-order valence-corrected chi connectivity index (χ0v) is 11.4. The average molecular weight is 307 g/mol. The van der Waals surface area contributed by atoms with Gasteiger partial charge in [0.25, 0.3) is 0 Å². The minimum Gasteiger partial charge on any atom is -0.492 e. The standard InChI is InChI=1S/C14H11BrO3/c1-8-11(3-5-17-8)13(16)12-7-10(15)6-9-2-4-18-14(9)12/h3,5-7H,2,4H2,1H3. The molecular weight excluding hydrogens is 296 g/mol. The van der Waals surface area contributed by atoms with E-state index in [-0.39, 0.29) is 5.78 Å². The molecular formula is C14H11BrO3. The van der Waals surface area contributed by atoms with Gasteiger partial charge in [0.1, 0.15) is 11.5 Å². The average Bonchev–Trinajstić information content (AvgIpc) is 2.95. The number of fused-ring (bicyclic) bond motifs is 1. The second-order valence-electron chi connectivity index (χ2n) is 4.26. The highest BCUT2D eigenvalue weighted by atomic mass is 79.9. The van der Waals surface area contributed by atoms with Crippen LogP contribution in [0.2, 0.25) is 0 Å². The van der Waals surface area contributed by atoms with Crippen LogP contribution < -0.4 is 4.74 Å². The van der Waals surface area contributed by atoms with Crippen LogP contribution in [0.5, 0.6) is 5.75 Å². The fourth-order valence-electron chi connectivity index (χ4n) is 2.20. The van der Waals surface area contributed by atoms with Crippen LogP contribution in [-0.2, 0) is 6.42 Å². The number of ketones is 1. The molecule has 18 heavy (non-hydrogen) atoms. The summed E-state index contributed by atoms with van der Waals surface area (Å²) in [4.78, 5) is 12.5. The Morgan fingerprint density at radius 3 is 2.89 bits per heavy atom. The minimum atomic E-state index is -0.0549. The van der Waals surface area contributed by atoms with Crippen molar-refractivity contribution >= 4 is 21.7 Å². The van der Waals surface area contributed by atoms with Crippen LogP contribution in [0, 0.1) is 6.92 Å². The highest BCUT2D eigenvalue weighted by molar-refractivity contribution is 9.10. The number of hydrogen-bond donors (Lipinski definition) is 0. The van der Waals surface area contributed by atoms with E-state index >= 15 is 0 Å². The summed E-state index contributed by atoms with van der Waals surface area (Å²) in [6.07, 6.45) is 2.38. The van der Waals surface area contributed by atoms with E-state index in [9.17, 15) is 4.79 Å². The molecule has 0 unspecified atom stereocenters. The summed E-state index contributed by atoms with van der Waals surface area (Å²) in [5, 5.41) is 0. The molecule has 1 aliphatic rings. The van der Waals surface area contributed by atoms with E-state index in [0.29, 0.717) is 29.2 Å². The third-order valence-corrected chi connectivity index (χ3v) is 3.55. The summed E-state index contributed by atoms with van der Waals surface area (Å²) < 4.78 is 11.7. The maximum absolute atomic E-state index is 12.5. The maximum Gasteiger partial charge on any atom is 0.200 e.